The van der Waals surface area contributed by atoms with Gasteiger partial charge in [-0.05, 0) is 30.1 Å². The first kappa shape index (κ1) is 17.9. The summed E-state index contributed by atoms with van der Waals surface area (Å²) in [6.07, 6.45) is 3.93. The Labute approximate surface area is 159 Å². The minimum Gasteiger partial charge on any atom is -0.771 e. The minimum absolute atomic E-state index is 0.129. The lowest BCUT2D eigenvalue weighted by Gasteiger charge is -2.28. The fourth-order valence-electron chi connectivity index (χ4n) is 3.16. The van der Waals surface area contributed by atoms with E-state index in [1.165, 1.54) is 0 Å². The highest BCUT2D eigenvalue weighted by atomic mass is 32.2. The van der Waals surface area contributed by atoms with E-state index in [-0.39, 0.29) is 5.88 Å². The van der Waals surface area contributed by atoms with Crippen LogP contribution in [0.1, 0.15) is 5.69 Å². The SMILES string of the molecule is Cc1cn2cc(-c3cccc(NCS(=O)[O-])c3)nc(N3CCOCC3)c2n1. The molecule has 1 aliphatic heterocycles. The number of aromatic nitrogens is 3. The number of nitrogens with one attached hydrogen (secondary N) is 1. The first-order chi connectivity index (χ1) is 13.1. The van der Waals surface area contributed by atoms with Crippen molar-refractivity contribution in [3.63, 3.8) is 0 Å². The number of nitrogens with zero attached hydrogens (tertiary/aromatic N) is 4. The highest BCUT2D eigenvalue weighted by molar-refractivity contribution is 7.79. The van der Waals surface area contributed by atoms with Crippen LogP contribution >= 0.6 is 0 Å². The van der Waals surface area contributed by atoms with Gasteiger partial charge in [0.15, 0.2) is 11.5 Å². The first-order valence-electron chi connectivity index (χ1n) is 8.69. The third kappa shape index (κ3) is 3.95. The van der Waals surface area contributed by atoms with Crippen LogP contribution in [0.5, 0.6) is 0 Å². The summed E-state index contributed by atoms with van der Waals surface area (Å²) in [6.45, 7) is 4.85. The van der Waals surface area contributed by atoms with Gasteiger partial charge < -0.3 is 23.9 Å². The Morgan fingerprint density at radius 1 is 1.26 bits per heavy atom. The predicted molar refractivity (Wildman–Crippen MR) is 104 cm³/mol. The number of aryl methyl sites for hydroxylation is 1. The lowest BCUT2D eigenvalue weighted by Crippen LogP contribution is -2.37. The zero-order valence-electron chi connectivity index (χ0n) is 14.9. The lowest BCUT2D eigenvalue weighted by atomic mass is 10.1. The summed E-state index contributed by atoms with van der Waals surface area (Å²) in [6, 6.07) is 7.57. The molecular weight excluding hydrogens is 366 g/mol. The van der Waals surface area contributed by atoms with Gasteiger partial charge in [0.2, 0.25) is 0 Å². The average Bonchev–Trinajstić information content (AvgIpc) is 3.06. The van der Waals surface area contributed by atoms with Crippen LogP contribution in [0.3, 0.4) is 0 Å². The van der Waals surface area contributed by atoms with Gasteiger partial charge in [0, 0.05) is 36.7 Å². The molecular formula is C18H20N5O3S-. The molecule has 0 saturated carbocycles. The maximum absolute atomic E-state index is 10.8. The molecule has 3 heterocycles. The topological polar surface area (TPSA) is 94.8 Å². The largest absolute Gasteiger partial charge is 0.771 e. The van der Waals surface area contributed by atoms with Crippen LogP contribution in [-0.2, 0) is 15.8 Å². The molecule has 8 nitrogen and oxygen atoms in total. The van der Waals surface area contributed by atoms with E-state index < -0.39 is 11.1 Å². The molecule has 0 bridgehead atoms. The number of morpholine rings is 1. The normalized spacial score (nSPS) is 15.9. The van der Waals surface area contributed by atoms with E-state index in [1.807, 2.05) is 48.0 Å². The van der Waals surface area contributed by atoms with Crippen LogP contribution in [0.25, 0.3) is 16.9 Å². The number of hydrogen-bond donors (Lipinski definition) is 1. The van der Waals surface area contributed by atoms with Crippen LogP contribution in [0.2, 0.25) is 0 Å². The molecule has 27 heavy (non-hydrogen) atoms. The number of anilines is 2. The van der Waals surface area contributed by atoms with Crippen molar-refractivity contribution >= 4 is 28.2 Å². The van der Waals surface area contributed by atoms with Crippen molar-refractivity contribution in [2.75, 3.05) is 42.4 Å². The molecule has 1 aliphatic rings. The van der Waals surface area contributed by atoms with Crippen molar-refractivity contribution in [3.05, 3.63) is 42.4 Å². The number of hydrogen-bond acceptors (Lipinski definition) is 7. The van der Waals surface area contributed by atoms with Gasteiger partial charge in [-0.25, -0.2) is 9.97 Å². The molecule has 1 fully saturated rings. The lowest BCUT2D eigenvalue weighted by molar-refractivity contribution is 0.122. The fraction of sp³-hybridized carbons (Fsp3) is 0.333. The van der Waals surface area contributed by atoms with E-state index in [0.717, 1.165) is 47.2 Å². The van der Waals surface area contributed by atoms with Gasteiger partial charge in [-0.3, -0.25) is 4.21 Å². The number of ether oxygens (including phenoxy) is 1. The first-order valence-corrected chi connectivity index (χ1v) is 9.94. The second-order valence-electron chi connectivity index (χ2n) is 6.37. The van der Waals surface area contributed by atoms with E-state index in [4.69, 9.17) is 9.72 Å². The summed E-state index contributed by atoms with van der Waals surface area (Å²) in [5.74, 6) is 0.707. The van der Waals surface area contributed by atoms with Crippen molar-refractivity contribution in [1.29, 1.82) is 0 Å². The number of rotatable bonds is 5. The van der Waals surface area contributed by atoms with Gasteiger partial charge in [0.1, 0.15) is 0 Å². The number of fused-ring (bicyclic) bond motifs is 1. The van der Waals surface area contributed by atoms with E-state index in [9.17, 15) is 8.76 Å². The second-order valence-corrected chi connectivity index (χ2v) is 7.26. The van der Waals surface area contributed by atoms with Gasteiger partial charge in [0.05, 0.1) is 30.5 Å². The molecule has 0 aliphatic carbocycles. The van der Waals surface area contributed by atoms with Gasteiger partial charge in [-0.15, -0.1) is 0 Å². The summed E-state index contributed by atoms with van der Waals surface area (Å²) >= 11 is -2.15. The molecule has 1 N–H and O–H groups in total. The van der Waals surface area contributed by atoms with Gasteiger partial charge in [-0.2, -0.15) is 0 Å². The van der Waals surface area contributed by atoms with Crippen LogP contribution in [-0.4, -0.2) is 55.3 Å². The van der Waals surface area contributed by atoms with Crippen molar-refractivity contribution in [2.45, 2.75) is 6.92 Å². The molecule has 0 amide bonds. The molecule has 2 aromatic heterocycles. The Kier molecular flexibility index (Phi) is 5.06. The average molecular weight is 386 g/mol. The zero-order valence-corrected chi connectivity index (χ0v) is 15.7. The molecule has 4 rings (SSSR count). The van der Waals surface area contributed by atoms with Crippen molar-refractivity contribution < 1.29 is 13.5 Å². The van der Waals surface area contributed by atoms with Crippen molar-refractivity contribution in [2.24, 2.45) is 0 Å². The Hall–Kier alpha value is -2.49. The van der Waals surface area contributed by atoms with Crippen LogP contribution in [0, 0.1) is 6.92 Å². The number of benzene rings is 1. The molecule has 1 aromatic carbocycles. The second kappa shape index (κ2) is 7.63. The summed E-state index contributed by atoms with van der Waals surface area (Å²) < 4.78 is 29.0. The standard InChI is InChI=1S/C18H21N5O3S/c1-13-10-23-11-16(14-3-2-4-15(9-14)19-12-27(24)25)21-18(17(23)20-13)22-5-7-26-8-6-22/h2-4,9-11,19H,5-8,12H2,1H3,(H,24,25)/p-1. The Morgan fingerprint density at radius 3 is 2.85 bits per heavy atom. The summed E-state index contributed by atoms with van der Waals surface area (Å²) in [5.41, 5.74) is 4.19. The third-order valence-corrected chi connectivity index (χ3v) is 4.78. The molecule has 1 unspecified atom stereocenters. The molecule has 1 saturated heterocycles. The monoisotopic (exact) mass is 386 g/mol. The molecule has 0 radical (unpaired) electrons. The summed E-state index contributed by atoms with van der Waals surface area (Å²) in [7, 11) is 0. The van der Waals surface area contributed by atoms with Crippen LogP contribution in [0.4, 0.5) is 11.5 Å². The maximum Gasteiger partial charge on any atom is 0.180 e. The molecule has 3 aromatic rings. The fourth-order valence-corrected chi connectivity index (χ4v) is 3.45. The van der Waals surface area contributed by atoms with Gasteiger partial charge >= 0.3 is 0 Å². The van der Waals surface area contributed by atoms with Crippen LogP contribution in [0.15, 0.2) is 36.7 Å². The van der Waals surface area contributed by atoms with E-state index in [0.29, 0.717) is 13.2 Å². The molecule has 1 atom stereocenters. The maximum atomic E-state index is 10.8. The third-order valence-electron chi connectivity index (χ3n) is 4.40. The Morgan fingerprint density at radius 2 is 2.07 bits per heavy atom. The quantitative estimate of drug-likeness (QED) is 0.668. The summed E-state index contributed by atoms with van der Waals surface area (Å²) in [5, 5.41) is 2.89. The van der Waals surface area contributed by atoms with Gasteiger partial charge in [-0.1, -0.05) is 12.1 Å². The van der Waals surface area contributed by atoms with E-state index in [1.54, 1.807) is 0 Å². The Balaban J connectivity index is 1.75. The smallest absolute Gasteiger partial charge is 0.180 e. The highest BCUT2D eigenvalue weighted by Gasteiger charge is 2.19. The van der Waals surface area contributed by atoms with Crippen molar-refractivity contribution in [3.8, 4) is 11.3 Å². The zero-order chi connectivity index (χ0) is 18.8. The highest BCUT2D eigenvalue weighted by Crippen LogP contribution is 2.27. The predicted octanol–water partition coefficient (Wildman–Crippen LogP) is 1.79. The summed E-state index contributed by atoms with van der Waals surface area (Å²) in [4.78, 5) is 11.7. The van der Waals surface area contributed by atoms with Crippen molar-refractivity contribution in [1.82, 2.24) is 14.4 Å². The molecule has 142 valence electrons. The minimum atomic E-state index is -2.15. The van der Waals surface area contributed by atoms with E-state index in [2.05, 4.69) is 15.2 Å². The molecule has 0 spiro atoms. The number of imidazole rings is 1. The van der Waals surface area contributed by atoms with Gasteiger partial charge in [0.25, 0.3) is 0 Å². The van der Waals surface area contributed by atoms with E-state index >= 15 is 0 Å². The Bertz CT molecular complexity index is 984. The van der Waals surface area contributed by atoms with Crippen LogP contribution < -0.4 is 10.2 Å². The molecule has 9 heteroatoms.